The average Bonchev–Trinajstić information content (AvgIpc) is 3.35. The molecule has 10 heteroatoms. The van der Waals surface area contributed by atoms with E-state index in [9.17, 15) is 18.3 Å². The second-order valence-electron chi connectivity index (χ2n) is 8.87. The topological polar surface area (TPSA) is 122 Å². The van der Waals surface area contributed by atoms with Crippen LogP contribution in [0.25, 0.3) is 10.4 Å². The maximum atomic E-state index is 13.4. The Balaban J connectivity index is 1.56. The zero-order chi connectivity index (χ0) is 24.2. The number of hydrogen-bond donors (Lipinski definition) is 3. The average molecular weight is 510 g/mol. The first kappa shape index (κ1) is 25.3. The molecule has 2 fully saturated rings. The van der Waals surface area contributed by atoms with Crippen molar-refractivity contribution in [2.24, 2.45) is 0 Å². The lowest BCUT2D eigenvalue weighted by atomic mass is 9.94. The fourth-order valence-corrected chi connectivity index (χ4v) is 8.34. The Bertz CT molecular complexity index is 1080. The third-order valence-electron chi connectivity index (χ3n) is 6.54. The second-order valence-corrected chi connectivity index (χ2v) is 12.4. The van der Waals surface area contributed by atoms with Gasteiger partial charge in [0.25, 0.3) is 0 Å². The standard InChI is InChI=1S/C24H31NO7S2/c26-16-19(27)17-6-8-18(9-7-17)20-10-11-21(33-20)24(12-2-4-14-34(24,29)30)15-22(28)25-32-23-5-1-3-13-31-23/h6-11,19,23,26-27H,1-5,12-16H2,(H,25,28)/t19?,23?,24-/m0/s1. The van der Waals surface area contributed by atoms with Crippen molar-refractivity contribution in [1.82, 2.24) is 5.48 Å². The molecule has 0 saturated carbocycles. The molecule has 0 bridgehead atoms. The van der Waals surface area contributed by atoms with Gasteiger partial charge in [0, 0.05) is 22.8 Å². The van der Waals surface area contributed by atoms with Gasteiger partial charge in [0.2, 0.25) is 5.91 Å². The first-order valence-electron chi connectivity index (χ1n) is 11.6. The molecule has 4 rings (SSSR count). The van der Waals surface area contributed by atoms with Gasteiger partial charge in [-0.2, -0.15) is 0 Å². The number of benzene rings is 1. The summed E-state index contributed by atoms with van der Waals surface area (Å²) < 4.78 is 30.9. The van der Waals surface area contributed by atoms with Gasteiger partial charge in [-0.3, -0.25) is 4.79 Å². The number of rotatable bonds is 8. The first-order chi connectivity index (χ1) is 16.3. The number of thiophene rings is 1. The predicted molar refractivity (Wildman–Crippen MR) is 129 cm³/mol. The van der Waals surface area contributed by atoms with Gasteiger partial charge in [0.05, 0.1) is 18.8 Å². The minimum atomic E-state index is -3.56. The van der Waals surface area contributed by atoms with Gasteiger partial charge in [-0.25, -0.2) is 18.7 Å². The van der Waals surface area contributed by atoms with Crippen molar-refractivity contribution in [3.63, 3.8) is 0 Å². The van der Waals surface area contributed by atoms with Gasteiger partial charge in [-0.05, 0) is 48.9 Å². The molecule has 2 unspecified atom stereocenters. The smallest absolute Gasteiger partial charge is 0.245 e. The molecule has 0 aliphatic carbocycles. The van der Waals surface area contributed by atoms with Crippen LogP contribution >= 0.6 is 11.3 Å². The van der Waals surface area contributed by atoms with E-state index in [0.29, 0.717) is 36.3 Å². The molecule has 3 N–H and O–H groups in total. The molecule has 0 spiro atoms. The molecule has 8 nitrogen and oxygen atoms in total. The molecular weight excluding hydrogens is 478 g/mol. The number of ether oxygens (including phenoxy) is 1. The molecule has 1 aromatic carbocycles. The zero-order valence-electron chi connectivity index (χ0n) is 18.9. The monoisotopic (exact) mass is 509 g/mol. The van der Waals surface area contributed by atoms with Crippen LogP contribution in [0.2, 0.25) is 0 Å². The normalized spacial score (nSPS) is 25.5. The summed E-state index contributed by atoms with van der Waals surface area (Å²) in [6.07, 6.45) is 2.64. The molecule has 1 amide bonds. The van der Waals surface area contributed by atoms with Crippen LogP contribution in [-0.4, -0.2) is 49.8 Å². The molecular formula is C24H31NO7S2. The van der Waals surface area contributed by atoms with Crippen LogP contribution in [0.5, 0.6) is 0 Å². The molecule has 2 aliphatic heterocycles. The molecule has 1 aromatic heterocycles. The number of hydroxylamine groups is 1. The third-order valence-corrected chi connectivity index (χ3v) is 10.6. The summed E-state index contributed by atoms with van der Waals surface area (Å²) >= 11 is 1.37. The summed E-state index contributed by atoms with van der Waals surface area (Å²) in [5.41, 5.74) is 3.90. The van der Waals surface area contributed by atoms with E-state index >= 15 is 0 Å². The van der Waals surface area contributed by atoms with E-state index in [4.69, 9.17) is 14.7 Å². The minimum Gasteiger partial charge on any atom is -0.393 e. The number of sulfone groups is 1. The molecule has 2 aliphatic rings. The van der Waals surface area contributed by atoms with Gasteiger partial charge < -0.3 is 14.9 Å². The quantitative estimate of drug-likeness (QED) is 0.467. The second kappa shape index (κ2) is 10.8. The summed E-state index contributed by atoms with van der Waals surface area (Å²) in [4.78, 5) is 19.7. The van der Waals surface area contributed by atoms with Crippen molar-refractivity contribution < 1.29 is 33.0 Å². The van der Waals surface area contributed by atoms with Crippen molar-refractivity contribution in [2.75, 3.05) is 19.0 Å². The van der Waals surface area contributed by atoms with Crippen LogP contribution < -0.4 is 5.48 Å². The molecule has 3 atom stereocenters. The minimum absolute atomic E-state index is 0.0495. The highest BCUT2D eigenvalue weighted by atomic mass is 32.2. The maximum absolute atomic E-state index is 13.4. The summed E-state index contributed by atoms with van der Waals surface area (Å²) in [6, 6.07) is 10.8. The van der Waals surface area contributed by atoms with Crippen molar-refractivity contribution >= 4 is 27.1 Å². The Kier molecular flexibility index (Phi) is 8.06. The summed E-state index contributed by atoms with van der Waals surface area (Å²) in [5.74, 6) is -0.426. The number of aliphatic hydroxyl groups excluding tert-OH is 2. The van der Waals surface area contributed by atoms with Crippen molar-refractivity contribution in [2.45, 2.75) is 62.1 Å². The van der Waals surface area contributed by atoms with Crippen molar-refractivity contribution in [3.05, 3.63) is 46.8 Å². The van der Waals surface area contributed by atoms with Gasteiger partial charge in [0.1, 0.15) is 10.9 Å². The van der Waals surface area contributed by atoms with Gasteiger partial charge in [0.15, 0.2) is 16.1 Å². The van der Waals surface area contributed by atoms with Gasteiger partial charge in [-0.15, -0.1) is 11.3 Å². The highest BCUT2D eigenvalue weighted by Crippen LogP contribution is 2.47. The number of amides is 1. The number of carbonyl (C=O) groups excluding carboxylic acids is 1. The number of aliphatic hydroxyl groups is 2. The SMILES string of the molecule is O=C(C[C@]1(c2ccc(-c3ccc(C(O)CO)cc3)s2)CCCCS1(=O)=O)NOC1CCCCO1. The Hall–Kier alpha value is -1.82. The van der Waals surface area contributed by atoms with E-state index in [0.717, 1.165) is 29.7 Å². The fourth-order valence-electron chi connectivity index (χ4n) is 4.56. The lowest BCUT2D eigenvalue weighted by Gasteiger charge is -2.35. The van der Waals surface area contributed by atoms with Crippen LogP contribution in [0.4, 0.5) is 0 Å². The number of nitrogens with one attached hydrogen (secondary N) is 1. The van der Waals surface area contributed by atoms with E-state index in [1.54, 1.807) is 18.2 Å². The highest BCUT2D eigenvalue weighted by Gasteiger charge is 2.49. The summed E-state index contributed by atoms with van der Waals surface area (Å²) in [7, 11) is -3.56. The van der Waals surface area contributed by atoms with E-state index in [-0.39, 0.29) is 18.8 Å². The van der Waals surface area contributed by atoms with E-state index in [1.807, 2.05) is 18.2 Å². The van der Waals surface area contributed by atoms with Gasteiger partial charge in [-0.1, -0.05) is 30.7 Å². The van der Waals surface area contributed by atoms with Crippen molar-refractivity contribution in [3.8, 4) is 10.4 Å². The van der Waals surface area contributed by atoms with E-state index in [2.05, 4.69) is 5.48 Å². The molecule has 186 valence electrons. The Morgan fingerprint density at radius 1 is 1.18 bits per heavy atom. The number of hydrogen-bond acceptors (Lipinski definition) is 8. The van der Waals surface area contributed by atoms with Crippen LogP contribution in [0.15, 0.2) is 36.4 Å². The largest absolute Gasteiger partial charge is 0.393 e. The van der Waals surface area contributed by atoms with Gasteiger partial charge >= 0.3 is 0 Å². The lowest BCUT2D eigenvalue weighted by molar-refractivity contribution is -0.200. The fraction of sp³-hybridized carbons (Fsp3) is 0.542. The molecule has 0 radical (unpaired) electrons. The van der Waals surface area contributed by atoms with Crippen LogP contribution in [-0.2, 0) is 29.0 Å². The molecule has 2 aromatic rings. The Morgan fingerprint density at radius 3 is 2.65 bits per heavy atom. The molecule has 2 saturated heterocycles. The summed E-state index contributed by atoms with van der Waals surface area (Å²) in [5, 5.41) is 18.9. The number of carbonyl (C=O) groups is 1. The maximum Gasteiger partial charge on any atom is 0.245 e. The predicted octanol–water partition coefficient (Wildman–Crippen LogP) is 3.20. The third kappa shape index (κ3) is 5.37. The summed E-state index contributed by atoms with van der Waals surface area (Å²) in [6.45, 7) is 0.221. The Morgan fingerprint density at radius 2 is 1.97 bits per heavy atom. The highest BCUT2D eigenvalue weighted by molar-refractivity contribution is 7.92. The first-order valence-corrected chi connectivity index (χ1v) is 14.1. The molecule has 34 heavy (non-hydrogen) atoms. The van der Waals surface area contributed by atoms with E-state index < -0.39 is 32.9 Å². The lowest BCUT2D eigenvalue weighted by Crippen LogP contribution is -2.45. The van der Waals surface area contributed by atoms with E-state index in [1.165, 1.54) is 11.3 Å². The Labute approximate surface area is 203 Å². The van der Waals surface area contributed by atoms with Crippen LogP contribution in [0.3, 0.4) is 0 Å². The van der Waals surface area contributed by atoms with Crippen LogP contribution in [0, 0.1) is 0 Å². The van der Waals surface area contributed by atoms with Crippen LogP contribution in [0.1, 0.15) is 61.5 Å². The zero-order valence-corrected chi connectivity index (χ0v) is 20.6. The van der Waals surface area contributed by atoms with Crippen molar-refractivity contribution in [1.29, 1.82) is 0 Å². The molecule has 3 heterocycles.